The summed E-state index contributed by atoms with van der Waals surface area (Å²) in [4.78, 5) is 29.4. The molecule has 0 aliphatic carbocycles. The summed E-state index contributed by atoms with van der Waals surface area (Å²) < 4.78 is 5.47. The molecule has 2 amide bonds. The molecule has 2 N–H and O–H groups in total. The molecule has 0 bridgehead atoms. The number of nitrogens with one attached hydrogen (secondary N) is 2. The number of carbonyl (C=O) groups excluding carboxylic acids is 2. The Morgan fingerprint density at radius 3 is 2.50 bits per heavy atom. The Labute approximate surface area is 178 Å². The molecule has 0 atom stereocenters. The first-order valence-electron chi connectivity index (χ1n) is 10.3. The van der Waals surface area contributed by atoms with Crippen molar-refractivity contribution in [2.45, 2.75) is 13.8 Å². The van der Waals surface area contributed by atoms with Gasteiger partial charge in [-0.25, -0.2) is 0 Å². The number of hydrogen-bond donors (Lipinski definition) is 2. The summed E-state index contributed by atoms with van der Waals surface area (Å²) in [6.07, 6.45) is 0. The van der Waals surface area contributed by atoms with Crippen molar-refractivity contribution in [1.29, 1.82) is 0 Å². The lowest BCUT2D eigenvalue weighted by Crippen LogP contribution is -2.44. The summed E-state index contributed by atoms with van der Waals surface area (Å²) in [5.41, 5.74) is 3.45. The Hall–Kier alpha value is -3.06. The van der Waals surface area contributed by atoms with Gasteiger partial charge >= 0.3 is 0 Å². The molecule has 1 aliphatic rings. The Kier molecular flexibility index (Phi) is 7.30. The number of nitrogens with zero attached hydrogens (tertiary/aromatic N) is 2. The topological polar surface area (TPSA) is 73.9 Å². The fraction of sp³-hybridized carbons (Fsp3) is 0.391. The average Bonchev–Trinajstić information content (AvgIpc) is 2.74. The highest BCUT2D eigenvalue weighted by Crippen LogP contribution is 2.24. The second-order valence-corrected chi connectivity index (χ2v) is 7.45. The molecule has 2 aromatic rings. The van der Waals surface area contributed by atoms with Gasteiger partial charge in [0.2, 0.25) is 5.91 Å². The minimum Gasteiger partial charge on any atom is -0.493 e. The number of para-hydroxylation sites is 1. The van der Waals surface area contributed by atoms with Gasteiger partial charge in [-0.05, 0) is 56.8 Å². The lowest BCUT2D eigenvalue weighted by atomic mass is 10.1. The summed E-state index contributed by atoms with van der Waals surface area (Å²) in [7, 11) is 2.14. The van der Waals surface area contributed by atoms with E-state index in [1.165, 1.54) is 5.69 Å². The van der Waals surface area contributed by atoms with Crippen molar-refractivity contribution in [3.63, 3.8) is 0 Å². The maximum atomic E-state index is 12.4. The monoisotopic (exact) mass is 410 g/mol. The fourth-order valence-corrected chi connectivity index (χ4v) is 3.53. The van der Waals surface area contributed by atoms with Crippen molar-refractivity contribution in [3.05, 3.63) is 53.6 Å². The first kappa shape index (κ1) is 21.6. The third-order valence-electron chi connectivity index (χ3n) is 5.17. The lowest BCUT2D eigenvalue weighted by molar-refractivity contribution is -0.115. The minimum atomic E-state index is -0.337. The van der Waals surface area contributed by atoms with E-state index in [2.05, 4.69) is 34.4 Å². The van der Waals surface area contributed by atoms with Crippen LogP contribution in [-0.2, 0) is 4.79 Å². The summed E-state index contributed by atoms with van der Waals surface area (Å²) in [5.74, 6) is -0.104. The second kappa shape index (κ2) is 10.1. The minimum absolute atomic E-state index is 0.113. The predicted molar refractivity (Wildman–Crippen MR) is 119 cm³/mol. The van der Waals surface area contributed by atoms with Gasteiger partial charge in [0, 0.05) is 37.6 Å². The first-order valence-corrected chi connectivity index (χ1v) is 10.3. The molecule has 0 radical (unpaired) electrons. The number of benzene rings is 2. The molecule has 0 unspecified atom stereocenters. The molecule has 30 heavy (non-hydrogen) atoms. The number of rotatable bonds is 7. The van der Waals surface area contributed by atoms with E-state index in [9.17, 15) is 9.59 Å². The van der Waals surface area contributed by atoms with Gasteiger partial charge < -0.3 is 25.2 Å². The highest BCUT2D eigenvalue weighted by Gasteiger charge is 2.17. The van der Waals surface area contributed by atoms with Crippen molar-refractivity contribution in [2.24, 2.45) is 0 Å². The van der Waals surface area contributed by atoms with Crippen LogP contribution in [0.25, 0.3) is 0 Å². The lowest BCUT2D eigenvalue weighted by Gasteiger charge is -2.35. The van der Waals surface area contributed by atoms with Crippen molar-refractivity contribution in [1.82, 2.24) is 10.2 Å². The van der Waals surface area contributed by atoms with Crippen LogP contribution in [0.5, 0.6) is 5.75 Å². The van der Waals surface area contributed by atoms with E-state index in [4.69, 9.17) is 4.74 Å². The molecule has 0 saturated carbocycles. The van der Waals surface area contributed by atoms with Crippen molar-refractivity contribution >= 4 is 23.2 Å². The number of hydrogen-bond acceptors (Lipinski definition) is 5. The second-order valence-electron chi connectivity index (χ2n) is 7.45. The van der Waals surface area contributed by atoms with Crippen molar-refractivity contribution in [2.75, 3.05) is 56.6 Å². The smallest absolute Gasteiger partial charge is 0.255 e. The summed E-state index contributed by atoms with van der Waals surface area (Å²) in [5, 5.41) is 5.51. The zero-order valence-electron chi connectivity index (χ0n) is 17.9. The van der Waals surface area contributed by atoms with Crippen LogP contribution in [-0.4, -0.2) is 63.1 Å². The maximum Gasteiger partial charge on any atom is 0.255 e. The van der Waals surface area contributed by atoms with Crippen LogP contribution in [0.1, 0.15) is 22.8 Å². The van der Waals surface area contributed by atoms with Gasteiger partial charge in [0.1, 0.15) is 5.75 Å². The van der Waals surface area contributed by atoms with Crippen LogP contribution in [0.3, 0.4) is 0 Å². The Morgan fingerprint density at radius 1 is 1.07 bits per heavy atom. The van der Waals surface area contributed by atoms with Crippen LogP contribution in [0.4, 0.5) is 11.4 Å². The third-order valence-corrected chi connectivity index (χ3v) is 5.17. The van der Waals surface area contributed by atoms with Crippen molar-refractivity contribution in [3.8, 4) is 5.75 Å². The number of piperazine rings is 1. The Balaban J connectivity index is 1.55. The molecule has 7 nitrogen and oxygen atoms in total. The Bertz CT molecular complexity index is 892. The van der Waals surface area contributed by atoms with Gasteiger partial charge in [-0.3, -0.25) is 9.59 Å². The molecular formula is C23H30N4O3. The van der Waals surface area contributed by atoms with E-state index in [1.54, 1.807) is 18.2 Å². The zero-order valence-corrected chi connectivity index (χ0v) is 17.9. The number of amides is 2. The molecule has 1 saturated heterocycles. The average molecular weight is 411 g/mol. The molecule has 0 spiro atoms. The first-order chi connectivity index (χ1) is 14.5. The van der Waals surface area contributed by atoms with E-state index < -0.39 is 0 Å². The van der Waals surface area contributed by atoms with Gasteiger partial charge in [-0.15, -0.1) is 0 Å². The number of ether oxygens (including phenoxy) is 1. The van der Waals surface area contributed by atoms with E-state index in [1.807, 2.05) is 31.2 Å². The fourth-order valence-electron chi connectivity index (χ4n) is 3.53. The molecule has 7 heteroatoms. The van der Waals surface area contributed by atoms with Gasteiger partial charge in [-0.2, -0.15) is 0 Å². The van der Waals surface area contributed by atoms with Gasteiger partial charge in [-0.1, -0.05) is 12.1 Å². The molecule has 1 fully saturated rings. The third kappa shape index (κ3) is 5.51. The molecule has 160 valence electrons. The molecule has 0 aromatic heterocycles. The quantitative estimate of drug-likeness (QED) is 0.734. The number of carbonyl (C=O) groups is 2. The van der Waals surface area contributed by atoms with E-state index in [0.717, 1.165) is 37.4 Å². The Morgan fingerprint density at radius 2 is 1.80 bits per heavy atom. The standard InChI is InChI=1S/C23H30N4O3/c1-4-30-21-8-6-5-7-19(21)23(29)24-16-22(28)25-18-9-10-20(17(2)15-18)27-13-11-26(3)12-14-27/h5-10,15H,4,11-14,16H2,1-3H3,(H,24,29)(H,25,28). The van der Waals surface area contributed by atoms with Crippen LogP contribution in [0.15, 0.2) is 42.5 Å². The van der Waals surface area contributed by atoms with Crippen molar-refractivity contribution < 1.29 is 14.3 Å². The van der Waals surface area contributed by atoms with Crippen LogP contribution in [0, 0.1) is 6.92 Å². The van der Waals surface area contributed by atoms with Gasteiger partial charge in [0.05, 0.1) is 18.7 Å². The number of likely N-dealkylation sites (N-methyl/N-ethyl adjacent to an activating group) is 1. The van der Waals surface area contributed by atoms with Crippen LogP contribution in [0.2, 0.25) is 0 Å². The van der Waals surface area contributed by atoms with E-state index in [0.29, 0.717) is 17.9 Å². The normalized spacial score (nSPS) is 14.3. The number of anilines is 2. The molecule has 2 aromatic carbocycles. The molecule has 1 heterocycles. The molecular weight excluding hydrogens is 380 g/mol. The molecule has 1 aliphatic heterocycles. The predicted octanol–water partition coefficient (Wildman–Crippen LogP) is 2.51. The maximum absolute atomic E-state index is 12.4. The SMILES string of the molecule is CCOc1ccccc1C(=O)NCC(=O)Nc1ccc(N2CCN(C)CC2)c(C)c1. The van der Waals surface area contributed by atoms with Gasteiger partial charge in [0.25, 0.3) is 5.91 Å². The van der Waals surface area contributed by atoms with Gasteiger partial charge in [0.15, 0.2) is 0 Å². The van der Waals surface area contributed by atoms with Crippen LogP contribution < -0.4 is 20.3 Å². The zero-order chi connectivity index (χ0) is 21.5. The van der Waals surface area contributed by atoms with E-state index in [-0.39, 0.29) is 18.4 Å². The highest BCUT2D eigenvalue weighted by atomic mass is 16.5. The van der Waals surface area contributed by atoms with Crippen LogP contribution >= 0.6 is 0 Å². The largest absolute Gasteiger partial charge is 0.493 e. The van der Waals surface area contributed by atoms with E-state index >= 15 is 0 Å². The summed E-state index contributed by atoms with van der Waals surface area (Å²) in [6, 6.07) is 12.9. The number of aryl methyl sites for hydroxylation is 1. The highest BCUT2D eigenvalue weighted by molar-refractivity contribution is 6.00. The summed E-state index contributed by atoms with van der Waals surface area (Å²) in [6.45, 7) is 8.35. The molecule has 3 rings (SSSR count). The summed E-state index contributed by atoms with van der Waals surface area (Å²) >= 11 is 0.